The van der Waals surface area contributed by atoms with E-state index < -0.39 is 0 Å². The third-order valence-electron chi connectivity index (χ3n) is 4.78. The van der Waals surface area contributed by atoms with Gasteiger partial charge in [-0.25, -0.2) is 4.98 Å². The fraction of sp³-hybridized carbons (Fsp3) is 0.444. The lowest BCUT2D eigenvalue weighted by atomic mass is 10.1. The fourth-order valence-corrected chi connectivity index (χ4v) is 3.23. The molecule has 22 heavy (non-hydrogen) atoms. The van der Waals surface area contributed by atoms with Crippen LogP contribution in [0.3, 0.4) is 0 Å². The Morgan fingerprint density at radius 1 is 1.36 bits per heavy atom. The first-order valence-electron chi connectivity index (χ1n) is 8.18. The molecule has 0 bridgehead atoms. The van der Waals surface area contributed by atoms with E-state index in [1.165, 1.54) is 18.7 Å². The molecule has 2 aliphatic rings. The van der Waals surface area contributed by atoms with Gasteiger partial charge >= 0.3 is 0 Å². The molecule has 0 spiro atoms. The van der Waals surface area contributed by atoms with E-state index in [9.17, 15) is 4.79 Å². The molecule has 0 unspecified atom stereocenters. The van der Waals surface area contributed by atoms with Crippen LogP contribution in [0.4, 0.5) is 5.69 Å². The van der Waals surface area contributed by atoms with Gasteiger partial charge in [0.1, 0.15) is 5.82 Å². The molecule has 114 valence electrons. The van der Waals surface area contributed by atoms with Gasteiger partial charge in [0.25, 0.3) is 0 Å². The number of anilines is 1. The third kappa shape index (κ3) is 2.54. The average Bonchev–Trinajstić information content (AvgIpc) is 3.11. The maximum Gasteiger partial charge on any atom is 0.227 e. The zero-order chi connectivity index (χ0) is 15.1. The Morgan fingerprint density at radius 3 is 3.00 bits per heavy atom. The average molecular weight is 295 g/mol. The summed E-state index contributed by atoms with van der Waals surface area (Å²) in [6.45, 7) is 3.19. The highest BCUT2D eigenvalue weighted by Gasteiger charge is 2.39. The fourth-order valence-electron chi connectivity index (χ4n) is 3.23. The van der Waals surface area contributed by atoms with Gasteiger partial charge in [0.2, 0.25) is 5.91 Å². The van der Waals surface area contributed by atoms with Crippen molar-refractivity contribution in [3.8, 4) is 11.3 Å². The molecular formula is C18H21N3O. The highest BCUT2D eigenvalue weighted by molar-refractivity contribution is 5.94. The molecule has 1 amide bonds. The van der Waals surface area contributed by atoms with E-state index >= 15 is 0 Å². The summed E-state index contributed by atoms with van der Waals surface area (Å²) in [5.74, 6) is 2.06. The Morgan fingerprint density at radius 2 is 2.23 bits per heavy atom. The Bertz CT molecular complexity index is 695. The summed E-state index contributed by atoms with van der Waals surface area (Å²) in [4.78, 5) is 16.8. The zero-order valence-electron chi connectivity index (χ0n) is 12.9. The molecule has 0 saturated heterocycles. The van der Waals surface area contributed by atoms with Crippen molar-refractivity contribution in [3.63, 3.8) is 0 Å². The SMILES string of the molecule is C[C@@H]1C[C@H]1C(=O)Nc1cccc(-c2cn3c(n2)CCCC3)c1. The Labute approximate surface area is 130 Å². The monoisotopic (exact) mass is 295 g/mol. The van der Waals surface area contributed by atoms with Crippen molar-refractivity contribution in [1.29, 1.82) is 0 Å². The number of nitrogens with zero attached hydrogens (tertiary/aromatic N) is 2. The summed E-state index contributed by atoms with van der Waals surface area (Å²) >= 11 is 0. The first-order valence-corrected chi connectivity index (χ1v) is 8.18. The predicted molar refractivity (Wildman–Crippen MR) is 86.5 cm³/mol. The van der Waals surface area contributed by atoms with Gasteiger partial charge < -0.3 is 9.88 Å². The Balaban J connectivity index is 1.56. The molecule has 1 aromatic carbocycles. The van der Waals surface area contributed by atoms with Crippen molar-refractivity contribution in [2.75, 3.05) is 5.32 Å². The second-order valence-electron chi connectivity index (χ2n) is 6.58. The summed E-state index contributed by atoms with van der Waals surface area (Å²) in [6, 6.07) is 8.02. The van der Waals surface area contributed by atoms with Crippen LogP contribution in [0.25, 0.3) is 11.3 Å². The lowest BCUT2D eigenvalue weighted by Crippen LogP contribution is -2.14. The number of carbonyl (C=O) groups is 1. The molecule has 4 heteroatoms. The smallest absolute Gasteiger partial charge is 0.227 e. The van der Waals surface area contributed by atoms with Crippen molar-refractivity contribution >= 4 is 11.6 Å². The highest BCUT2D eigenvalue weighted by atomic mass is 16.2. The van der Waals surface area contributed by atoms with Gasteiger partial charge in [-0.3, -0.25) is 4.79 Å². The van der Waals surface area contributed by atoms with Gasteiger partial charge in [0, 0.05) is 36.3 Å². The quantitative estimate of drug-likeness (QED) is 0.942. The molecule has 4 rings (SSSR count). The van der Waals surface area contributed by atoms with E-state index in [0.717, 1.165) is 36.3 Å². The molecule has 1 saturated carbocycles. The van der Waals surface area contributed by atoms with Crippen LogP contribution in [0, 0.1) is 11.8 Å². The van der Waals surface area contributed by atoms with E-state index in [0.29, 0.717) is 5.92 Å². The van der Waals surface area contributed by atoms with Crippen LogP contribution in [0.5, 0.6) is 0 Å². The largest absolute Gasteiger partial charge is 0.334 e. The maximum atomic E-state index is 12.1. The molecule has 2 atom stereocenters. The number of benzene rings is 1. The standard InChI is InChI=1S/C18H21N3O/c1-12-9-15(12)18(22)19-14-6-4-5-13(10-14)16-11-21-8-3-2-7-17(21)20-16/h4-6,10-12,15H,2-3,7-9H2,1H3,(H,19,22)/t12-,15-/m1/s1. The predicted octanol–water partition coefficient (Wildman–Crippen LogP) is 3.48. The summed E-state index contributed by atoms with van der Waals surface area (Å²) < 4.78 is 2.26. The molecule has 1 aromatic heterocycles. The number of fused-ring (bicyclic) bond motifs is 1. The van der Waals surface area contributed by atoms with Crippen LogP contribution in [-0.4, -0.2) is 15.5 Å². The van der Waals surface area contributed by atoms with Crippen molar-refractivity contribution in [2.45, 2.75) is 39.2 Å². The number of aromatic nitrogens is 2. The number of rotatable bonds is 3. The van der Waals surface area contributed by atoms with Gasteiger partial charge in [-0.05, 0) is 37.3 Å². The van der Waals surface area contributed by atoms with Crippen LogP contribution in [-0.2, 0) is 17.8 Å². The third-order valence-corrected chi connectivity index (χ3v) is 4.78. The minimum Gasteiger partial charge on any atom is -0.334 e. The maximum absolute atomic E-state index is 12.1. The molecule has 1 aliphatic heterocycles. The van der Waals surface area contributed by atoms with Crippen LogP contribution >= 0.6 is 0 Å². The zero-order valence-corrected chi connectivity index (χ0v) is 12.9. The van der Waals surface area contributed by atoms with Crippen LogP contribution in [0.1, 0.15) is 32.0 Å². The normalized spacial score (nSPS) is 23.0. The number of amides is 1. The molecule has 2 aromatic rings. The van der Waals surface area contributed by atoms with Crippen molar-refractivity contribution in [3.05, 3.63) is 36.3 Å². The van der Waals surface area contributed by atoms with E-state index in [-0.39, 0.29) is 11.8 Å². The topological polar surface area (TPSA) is 46.9 Å². The number of carbonyl (C=O) groups excluding carboxylic acids is 1. The summed E-state index contributed by atoms with van der Waals surface area (Å²) in [5.41, 5.74) is 2.95. The van der Waals surface area contributed by atoms with Gasteiger partial charge in [0.05, 0.1) is 5.69 Å². The van der Waals surface area contributed by atoms with Crippen molar-refractivity contribution in [2.24, 2.45) is 11.8 Å². The van der Waals surface area contributed by atoms with Gasteiger partial charge in [-0.15, -0.1) is 0 Å². The van der Waals surface area contributed by atoms with Crippen molar-refractivity contribution < 1.29 is 4.79 Å². The minimum absolute atomic E-state index is 0.147. The number of imidazole rings is 1. The number of aryl methyl sites for hydroxylation is 2. The second kappa shape index (κ2) is 5.27. The molecule has 1 aliphatic carbocycles. The molecule has 1 N–H and O–H groups in total. The lowest BCUT2D eigenvalue weighted by Gasteiger charge is -2.11. The molecular weight excluding hydrogens is 274 g/mol. The van der Waals surface area contributed by atoms with Crippen LogP contribution in [0.2, 0.25) is 0 Å². The lowest BCUT2D eigenvalue weighted by molar-refractivity contribution is -0.117. The number of nitrogens with one attached hydrogen (secondary N) is 1. The molecule has 1 fully saturated rings. The minimum atomic E-state index is 0.147. The van der Waals surface area contributed by atoms with E-state index in [1.807, 2.05) is 18.2 Å². The summed E-state index contributed by atoms with van der Waals surface area (Å²) in [7, 11) is 0. The first kappa shape index (κ1) is 13.6. The summed E-state index contributed by atoms with van der Waals surface area (Å²) in [5, 5.41) is 3.03. The van der Waals surface area contributed by atoms with Gasteiger partial charge in [-0.1, -0.05) is 19.1 Å². The molecule has 2 heterocycles. The first-order chi connectivity index (χ1) is 10.7. The highest BCUT2D eigenvalue weighted by Crippen LogP contribution is 2.38. The van der Waals surface area contributed by atoms with Crippen LogP contribution in [0.15, 0.2) is 30.5 Å². The van der Waals surface area contributed by atoms with Gasteiger partial charge in [0.15, 0.2) is 0 Å². The van der Waals surface area contributed by atoms with Crippen molar-refractivity contribution in [1.82, 2.24) is 9.55 Å². The van der Waals surface area contributed by atoms with Gasteiger partial charge in [-0.2, -0.15) is 0 Å². The van der Waals surface area contributed by atoms with E-state index in [4.69, 9.17) is 4.98 Å². The molecule has 4 nitrogen and oxygen atoms in total. The number of hydrogen-bond donors (Lipinski definition) is 1. The Hall–Kier alpha value is -2.10. The van der Waals surface area contributed by atoms with E-state index in [2.05, 4.69) is 29.1 Å². The molecule has 0 radical (unpaired) electrons. The Kier molecular flexibility index (Phi) is 3.25. The second-order valence-corrected chi connectivity index (χ2v) is 6.58. The summed E-state index contributed by atoms with van der Waals surface area (Å²) in [6.07, 6.45) is 6.68. The number of hydrogen-bond acceptors (Lipinski definition) is 2. The van der Waals surface area contributed by atoms with E-state index in [1.54, 1.807) is 0 Å². The van der Waals surface area contributed by atoms with Crippen LogP contribution < -0.4 is 5.32 Å².